The lowest BCUT2D eigenvalue weighted by Crippen LogP contribution is -2.49. The van der Waals surface area contributed by atoms with Gasteiger partial charge in [0.1, 0.15) is 11.5 Å². The quantitative estimate of drug-likeness (QED) is 0.122. The number of fused-ring (bicyclic) bond motifs is 5. The fraction of sp³-hybridized carbons (Fsp3) is 0.396. The summed E-state index contributed by atoms with van der Waals surface area (Å²) in [5.41, 5.74) is 2.97. The number of phenols is 1. The van der Waals surface area contributed by atoms with E-state index in [9.17, 15) is 14.7 Å². The molecular weight excluding hydrogens is 826 g/mol. The molecule has 5 aliphatic rings. The number of halogens is 1. The smallest absolute Gasteiger partial charge is 0.242 e. The van der Waals surface area contributed by atoms with Crippen molar-refractivity contribution in [3.05, 3.63) is 100 Å². The van der Waals surface area contributed by atoms with Crippen molar-refractivity contribution in [1.29, 1.82) is 0 Å². The minimum Gasteiger partial charge on any atom is -0.502 e. The first kappa shape index (κ1) is 40.6. The number of imide groups is 2. The minimum atomic E-state index is -1.33. The number of benzene rings is 3. The van der Waals surface area contributed by atoms with Gasteiger partial charge in [0.05, 0.1) is 42.3 Å². The highest BCUT2D eigenvalue weighted by Gasteiger charge is 2.68. The number of carbonyl (C=O) groups is 4. The van der Waals surface area contributed by atoms with Crippen molar-refractivity contribution in [2.45, 2.75) is 58.0 Å². The van der Waals surface area contributed by atoms with Gasteiger partial charge < -0.3 is 14.6 Å². The van der Waals surface area contributed by atoms with Crippen LogP contribution in [0.5, 0.6) is 17.2 Å². The molecule has 5 aromatic rings. The van der Waals surface area contributed by atoms with Crippen LogP contribution in [0, 0.1) is 36.0 Å². The number of hydrogen-bond acceptors (Lipinski definition) is 10. The Morgan fingerprint density at radius 3 is 2.32 bits per heavy atom. The Kier molecular flexibility index (Phi) is 9.88. The molecule has 2 aromatic heterocycles. The van der Waals surface area contributed by atoms with Crippen molar-refractivity contribution in [2.24, 2.45) is 36.1 Å². The van der Waals surface area contributed by atoms with E-state index in [1.807, 2.05) is 56.3 Å². The SMILES string of the molecule is COc1cc([C@H]2C3=CC[C@@H]4C(=O)N(C5CCN(Cc6ccccc6)CC5)C(=O)[C@@H]4[C@@H]3C[C@H]3C(=O)N(c4cc(-c5sc6ccc(Cl)cc6c5C)nn4C)C(=O)[C@@]23C)cc(OC)c1O. The third-order valence-electron chi connectivity index (χ3n) is 14.5. The van der Waals surface area contributed by atoms with Crippen molar-refractivity contribution in [3.8, 4) is 27.8 Å². The van der Waals surface area contributed by atoms with E-state index in [2.05, 4.69) is 17.0 Å². The molecule has 5 heterocycles. The van der Waals surface area contributed by atoms with E-state index in [0.29, 0.717) is 41.4 Å². The molecule has 0 bridgehead atoms. The Morgan fingerprint density at radius 1 is 0.919 bits per heavy atom. The molecule has 2 aliphatic carbocycles. The molecule has 10 rings (SSSR count). The summed E-state index contributed by atoms with van der Waals surface area (Å²) < 4.78 is 13.9. The number of aryl methyl sites for hydroxylation is 2. The Hall–Kier alpha value is -5.50. The van der Waals surface area contributed by atoms with E-state index in [-0.39, 0.29) is 47.4 Å². The second-order valence-corrected chi connectivity index (χ2v) is 19.2. The molecule has 0 unspecified atom stereocenters. The number of carbonyl (C=O) groups excluding carboxylic acids is 4. The number of hydrogen-bond donors (Lipinski definition) is 1. The van der Waals surface area contributed by atoms with Crippen LogP contribution >= 0.6 is 22.9 Å². The number of methoxy groups -OCH3 is 2. The molecule has 14 heteroatoms. The van der Waals surface area contributed by atoms with Crippen molar-refractivity contribution in [2.75, 3.05) is 32.2 Å². The first-order chi connectivity index (χ1) is 29.8. The van der Waals surface area contributed by atoms with Gasteiger partial charge in [-0.15, -0.1) is 11.3 Å². The van der Waals surface area contributed by atoms with Crippen LogP contribution in [0.15, 0.2) is 78.4 Å². The van der Waals surface area contributed by atoms with E-state index in [1.54, 1.807) is 46.2 Å². The van der Waals surface area contributed by atoms with Gasteiger partial charge in [-0.1, -0.05) is 53.6 Å². The summed E-state index contributed by atoms with van der Waals surface area (Å²) in [5.74, 6) is -3.96. The highest BCUT2D eigenvalue weighted by atomic mass is 35.5. The summed E-state index contributed by atoms with van der Waals surface area (Å²) in [6.07, 6.45) is 3.98. The predicted molar refractivity (Wildman–Crippen MR) is 236 cm³/mol. The Balaban J connectivity index is 1.02. The van der Waals surface area contributed by atoms with Crippen LogP contribution in [0.4, 0.5) is 5.82 Å². The fourth-order valence-corrected chi connectivity index (χ4v) is 12.8. The maximum atomic E-state index is 15.4. The number of aromatic hydroxyl groups is 1. The number of phenolic OH excluding ortho intramolecular Hbond substituents is 1. The van der Waals surface area contributed by atoms with Crippen molar-refractivity contribution < 1.29 is 33.8 Å². The molecule has 3 aliphatic heterocycles. The summed E-state index contributed by atoms with van der Waals surface area (Å²) in [6.45, 7) is 6.20. The number of thiophene rings is 1. The van der Waals surface area contributed by atoms with Gasteiger partial charge in [0, 0.05) is 54.4 Å². The molecule has 62 heavy (non-hydrogen) atoms. The second-order valence-electron chi connectivity index (χ2n) is 17.7. The van der Waals surface area contributed by atoms with Crippen LogP contribution in [0.3, 0.4) is 0 Å². The Morgan fingerprint density at radius 2 is 1.63 bits per heavy atom. The number of allylic oxidation sites excluding steroid dienone is 2. The van der Waals surface area contributed by atoms with Crippen LogP contribution in [0.2, 0.25) is 5.02 Å². The zero-order chi connectivity index (χ0) is 43.4. The van der Waals surface area contributed by atoms with Crippen LogP contribution in [0.1, 0.15) is 55.2 Å². The molecule has 12 nitrogen and oxygen atoms in total. The standard InChI is InChI=1S/C48H48ClN5O7S/c1-25-32-21-28(49)11-14-38(32)62-43(25)35-23-39(51(3)50-35)54-45(57)34-22-33-30(41(48(34,2)47(54)59)27-19-36(60-4)42(55)37(20-27)61-5)12-13-31-40(33)46(58)53(44(31)56)29-15-17-52(18-16-29)24-26-9-7-6-8-10-26/h6-12,14,19-21,23,29,31,33-34,40-41,55H,13,15-18,22,24H2,1-5H3/t31-,33+,34-,40-,41-,48+/m0/s1. The minimum absolute atomic E-state index is 0.147. The zero-order valence-corrected chi connectivity index (χ0v) is 36.8. The molecular formula is C48H48ClN5O7S. The molecule has 4 fully saturated rings. The van der Waals surface area contributed by atoms with E-state index in [4.69, 9.17) is 26.2 Å². The first-order valence-corrected chi connectivity index (χ1v) is 22.4. The highest BCUT2D eigenvalue weighted by Crippen LogP contribution is 2.64. The van der Waals surface area contributed by atoms with Gasteiger partial charge in [-0.25, -0.2) is 4.90 Å². The van der Waals surface area contributed by atoms with E-state index in [1.165, 1.54) is 24.7 Å². The lowest BCUT2D eigenvalue weighted by molar-refractivity contribution is -0.144. The lowest BCUT2D eigenvalue weighted by atomic mass is 9.51. The normalized spacial score (nSPS) is 26.5. The number of amides is 4. The van der Waals surface area contributed by atoms with Crippen LogP contribution < -0.4 is 14.4 Å². The molecule has 1 N–H and O–H groups in total. The average Bonchev–Trinajstić information content (AvgIpc) is 3.94. The molecule has 4 amide bonds. The maximum Gasteiger partial charge on any atom is 0.242 e. The maximum absolute atomic E-state index is 15.4. The van der Waals surface area contributed by atoms with E-state index < -0.39 is 40.9 Å². The molecule has 1 saturated carbocycles. The lowest BCUT2D eigenvalue weighted by Gasteiger charge is -2.49. The average molecular weight is 874 g/mol. The summed E-state index contributed by atoms with van der Waals surface area (Å²) in [7, 11) is 4.62. The summed E-state index contributed by atoms with van der Waals surface area (Å²) >= 11 is 7.93. The van der Waals surface area contributed by atoms with Crippen LogP contribution in [-0.4, -0.2) is 81.7 Å². The Bertz CT molecular complexity index is 2700. The molecule has 6 atom stereocenters. The van der Waals surface area contributed by atoms with Crippen molar-refractivity contribution in [1.82, 2.24) is 19.6 Å². The number of nitrogens with zero attached hydrogens (tertiary/aromatic N) is 5. The molecule has 3 aromatic carbocycles. The predicted octanol–water partition coefficient (Wildman–Crippen LogP) is 7.88. The number of rotatable bonds is 8. The van der Waals surface area contributed by atoms with Gasteiger partial charge in [0.15, 0.2) is 11.5 Å². The monoisotopic (exact) mass is 873 g/mol. The number of anilines is 1. The largest absolute Gasteiger partial charge is 0.502 e. The highest BCUT2D eigenvalue weighted by molar-refractivity contribution is 7.22. The zero-order valence-electron chi connectivity index (χ0n) is 35.3. The third kappa shape index (κ3) is 6.06. The molecule has 3 saturated heterocycles. The van der Waals surface area contributed by atoms with E-state index in [0.717, 1.165) is 45.7 Å². The summed E-state index contributed by atoms with van der Waals surface area (Å²) in [4.78, 5) is 65.9. The van der Waals surface area contributed by atoms with Gasteiger partial charge in [-0.3, -0.25) is 33.7 Å². The Labute approximate surface area is 368 Å². The second kappa shape index (κ2) is 15.1. The van der Waals surface area contributed by atoms with Crippen molar-refractivity contribution in [3.63, 3.8) is 0 Å². The molecule has 0 spiro atoms. The molecule has 320 valence electrons. The van der Waals surface area contributed by atoms with Crippen LogP contribution in [-0.2, 0) is 32.8 Å². The number of ether oxygens (including phenoxy) is 2. The van der Waals surface area contributed by atoms with Crippen LogP contribution in [0.25, 0.3) is 20.7 Å². The number of likely N-dealkylation sites (tertiary alicyclic amines) is 2. The van der Waals surface area contributed by atoms with Crippen molar-refractivity contribution >= 4 is 62.5 Å². The summed E-state index contributed by atoms with van der Waals surface area (Å²) in [6, 6.07) is 21.0. The first-order valence-electron chi connectivity index (χ1n) is 21.2. The molecule has 0 radical (unpaired) electrons. The van der Waals surface area contributed by atoms with E-state index >= 15 is 9.59 Å². The van der Waals surface area contributed by atoms with Gasteiger partial charge in [0.2, 0.25) is 29.4 Å². The number of piperidine rings is 1. The summed E-state index contributed by atoms with van der Waals surface area (Å²) in [5, 5.41) is 17.5. The number of aromatic nitrogens is 2. The fourth-order valence-electron chi connectivity index (χ4n) is 11.5. The van der Waals surface area contributed by atoms with Gasteiger partial charge in [-0.05, 0) is 97.9 Å². The van der Waals surface area contributed by atoms with Gasteiger partial charge in [0.25, 0.3) is 0 Å². The topological polar surface area (TPSA) is 135 Å². The van der Waals surface area contributed by atoms with Gasteiger partial charge >= 0.3 is 0 Å². The van der Waals surface area contributed by atoms with Gasteiger partial charge in [-0.2, -0.15) is 5.10 Å². The third-order valence-corrected chi connectivity index (χ3v) is 16.1.